The zero-order chi connectivity index (χ0) is 15.2. The van der Waals surface area contributed by atoms with Gasteiger partial charge in [0, 0.05) is 39.9 Å². The minimum absolute atomic E-state index is 0.149. The van der Waals surface area contributed by atoms with Crippen molar-refractivity contribution in [2.75, 3.05) is 33.9 Å². The van der Waals surface area contributed by atoms with Crippen LogP contribution in [0.3, 0.4) is 0 Å². The van der Waals surface area contributed by atoms with E-state index in [1.54, 1.807) is 14.2 Å². The standard InChI is InChI=1S/C17H28N2O2/c1-13(14-7-5-4-6-8-14)9-15(10-18)19-11-16(20-2)17(12-19)21-3/h4-8,13,15-17H,9-12,18H2,1-3H3. The lowest BCUT2D eigenvalue weighted by Crippen LogP contribution is -2.40. The molecule has 2 N–H and O–H groups in total. The fourth-order valence-electron chi connectivity index (χ4n) is 3.24. The summed E-state index contributed by atoms with van der Waals surface area (Å²) >= 11 is 0. The van der Waals surface area contributed by atoms with Gasteiger partial charge in [-0.3, -0.25) is 4.90 Å². The molecule has 0 amide bonds. The number of ether oxygens (including phenoxy) is 2. The van der Waals surface area contributed by atoms with E-state index in [0.717, 1.165) is 19.5 Å². The lowest BCUT2D eigenvalue weighted by molar-refractivity contribution is -0.00461. The molecule has 1 aromatic rings. The summed E-state index contributed by atoms with van der Waals surface area (Å²) in [6.45, 7) is 4.75. The fourth-order valence-corrected chi connectivity index (χ4v) is 3.24. The highest BCUT2D eigenvalue weighted by molar-refractivity contribution is 5.19. The van der Waals surface area contributed by atoms with Crippen LogP contribution >= 0.6 is 0 Å². The van der Waals surface area contributed by atoms with Gasteiger partial charge in [-0.05, 0) is 17.9 Å². The third kappa shape index (κ3) is 4.04. The van der Waals surface area contributed by atoms with Crippen LogP contribution in [0.5, 0.6) is 0 Å². The molecule has 0 aromatic heterocycles. The second-order valence-corrected chi connectivity index (χ2v) is 5.94. The molecule has 4 heteroatoms. The van der Waals surface area contributed by atoms with Crippen LogP contribution < -0.4 is 5.73 Å². The maximum Gasteiger partial charge on any atom is 0.0971 e. The van der Waals surface area contributed by atoms with Crippen LogP contribution in [0.1, 0.15) is 24.8 Å². The Morgan fingerprint density at radius 3 is 2.19 bits per heavy atom. The van der Waals surface area contributed by atoms with E-state index in [9.17, 15) is 0 Å². The first-order valence-corrected chi connectivity index (χ1v) is 7.74. The quantitative estimate of drug-likeness (QED) is 0.833. The van der Waals surface area contributed by atoms with Crippen LogP contribution in [0, 0.1) is 0 Å². The number of hydrogen-bond donors (Lipinski definition) is 1. The Hall–Kier alpha value is -0.940. The highest BCUT2D eigenvalue weighted by atomic mass is 16.5. The normalized spacial score (nSPS) is 25.9. The van der Waals surface area contributed by atoms with Crippen molar-refractivity contribution in [3.63, 3.8) is 0 Å². The van der Waals surface area contributed by atoms with Gasteiger partial charge in [-0.2, -0.15) is 0 Å². The predicted octanol–water partition coefficient (Wildman–Crippen LogP) is 1.85. The molecule has 0 aliphatic carbocycles. The smallest absolute Gasteiger partial charge is 0.0971 e. The molecule has 1 aliphatic rings. The van der Waals surface area contributed by atoms with Crippen LogP contribution in [0.15, 0.2) is 30.3 Å². The molecular formula is C17H28N2O2. The van der Waals surface area contributed by atoms with E-state index in [0.29, 0.717) is 18.5 Å². The second kappa shape index (κ2) is 7.90. The first kappa shape index (κ1) is 16.4. The van der Waals surface area contributed by atoms with E-state index in [1.165, 1.54) is 5.56 Å². The van der Waals surface area contributed by atoms with Crippen LogP contribution in [-0.4, -0.2) is 57.0 Å². The second-order valence-electron chi connectivity index (χ2n) is 5.94. The molecule has 4 atom stereocenters. The molecule has 1 saturated heterocycles. The van der Waals surface area contributed by atoms with Crippen molar-refractivity contribution < 1.29 is 9.47 Å². The molecular weight excluding hydrogens is 264 g/mol. The Morgan fingerprint density at radius 1 is 1.14 bits per heavy atom. The molecule has 1 aromatic carbocycles. The van der Waals surface area contributed by atoms with Crippen molar-refractivity contribution in [3.05, 3.63) is 35.9 Å². The van der Waals surface area contributed by atoms with E-state index < -0.39 is 0 Å². The van der Waals surface area contributed by atoms with Gasteiger partial charge in [-0.15, -0.1) is 0 Å². The molecule has 0 radical (unpaired) electrons. The topological polar surface area (TPSA) is 47.7 Å². The van der Waals surface area contributed by atoms with Gasteiger partial charge in [-0.25, -0.2) is 0 Å². The van der Waals surface area contributed by atoms with Crippen molar-refractivity contribution in [1.29, 1.82) is 0 Å². The number of hydrogen-bond acceptors (Lipinski definition) is 4. The van der Waals surface area contributed by atoms with Crippen LogP contribution in [0.25, 0.3) is 0 Å². The number of nitrogens with zero attached hydrogens (tertiary/aromatic N) is 1. The molecule has 2 rings (SSSR count). The van der Waals surface area contributed by atoms with Gasteiger partial charge in [0.25, 0.3) is 0 Å². The van der Waals surface area contributed by atoms with Crippen molar-refractivity contribution in [1.82, 2.24) is 4.90 Å². The van der Waals surface area contributed by atoms with Crippen molar-refractivity contribution in [2.45, 2.75) is 37.5 Å². The zero-order valence-electron chi connectivity index (χ0n) is 13.4. The van der Waals surface area contributed by atoms with E-state index in [1.807, 2.05) is 0 Å². The highest BCUT2D eigenvalue weighted by Crippen LogP contribution is 2.25. The van der Waals surface area contributed by atoms with Gasteiger partial charge in [-0.1, -0.05) is 37.3 Å². The summed E-state index contributed by atoms with van der Waals surface area (Å²) in [4.78, 5) is 2.42. The van der Waals surface area contributed by atoms with E-state index in [2.05, 4.69) is 42.2 Å². The molecule has 1 aliphatic heterocycles. The number of likely N-dealkylation sites (tertiary alicyclic amines) is 1. The number of rotatable bonds is 7. The van der Waals surface area contributed by atoms with Gasteiger partial charge in [0.2, 0.25) is 0 Å². The minimum Gasteiger partial charge on any atom is -0.377 e. The SMILES string of the molecule is COC1CN(C(CN)CC(C)c2ccccc2)CC1OC. The summed E-state index contributed by atoms with van der Waals surface area (Å²) in [6, 6.07) is 11.0. The lowest BCUT2D eigenvalue weighted by atomic mass is 9.93. The van der Waals surface area contributed by atoms with Gasteiger partial charge in [0.05, 0.1) is 12.2 Å². The number of nitrogens with two attached hydrogens (primary N) is 1. The van der Waals surface area contributed by atoms with Gasteiger partial charge < -0.3 is 15.2 Å². The predicted molar refractivity (Wildman–Crippen MR) is 85.5 cm³/mol. The maximum atomic E-state index is 6.03. The zero-order valence-corrected chi connectivity index (χ0v) is 13.4. The fraction of sp³-hybridized carbons (Fsp3) is 0.647. The Labute approximate surface area is 128 Å². The largest absolute Gasteiger partial charge is 0.377 e. The summed E-state index contributed by atoms with van der Waals surface area (Å²) in [7, 11) is 3.51. The average Bonchev–Trinajstić information content (AvgIpc) is 2.96. The Balaban J connectivity index is 1.97. The molecule has 4 unspecified atom stereocenters. The van der Waals surface area contributed by atoms with Crippen molar-refractivity contribution in [3.8, 4) is 0 Å². The first-order valence-electron chi connectivity index (χ1n) is 7.74. The van der Waals surface area contributed by atoms with Crippen molar-refractivity contribution in [2.24, 2.45) is 5.73 Å². The third-order valence-electron chi connectivity index (χ3n) is 4.63. The lowest BCUT2D eigenvalue weighted by Gasteiger charge is -2.29. The molecule has 1 heterocycles. The van der Waals surface area contributed by atoms with E-state index in [4.69, 9.17) is 15.2 Å². The summed E-state index contributed by atoms with van der Waals surface area (Å²) in [5.74, 6) is 0.502. The number of methoxy groups -OCH3 is 2. The van der Waals surface area contributed by atoms with Crippen LogP contribution in [-0.2, 0) is 9.47 Å². The molecule has 0 bridgehead atoms. The van der Waals surface area contributed by atoms with Gasteiger partial charge in [0.15, 0.2) is 0 Å². The minimum atomic E-state index is 0.149. The first-order chi connectivity index (χ1) is 10.2. The monoisotopic (exact) mass is 292 g/mol. The van der Waals surface area contributed by atoms with Crippen molar-refractivity contribution >= 4 is 0 Å². The summed E-state index contributed by atoms with van der Waals surface area (Å²) in [6.07, 6.45) is 1.36. The van der Waals surface area contributed by atoms with E-state index >= 15 is 0 Å². The summed E-state index contributed by atoms with van der Waals surface area (Å²) in [5, 5.41) is 0. The summed E-state index contributed by atoms with van der Waals surface area (Å²) < 4.78 is 11.0. The highest BCUT2D eigenvalue weighted by Gasteiger charge is 2.36. The summed E-state index contributed by atoms with van der Waals surface area (Å²) in [5.41, 5.74) is 7.41. The van der Waals surface area contributed by atoms with E-state index in [-0.39, 0.29) is 12.2 Å². The molecule has 4 nitrogen and oxygen atoms in total. The maximum absolute atomic E-state index is 6.03. The van der Waals surface area contributed by atoms with Gasteiger partial charge >= 0.3 is 0 Å². The molecule has 118 valence electrons. The Morgan fingerprint density at radius 2 is 1.71 bits per heavy atom. The average molecular weight is 292 g/mol. The molecule has 1 fully saturated rings. The Kier molecular flexibility index (Phi) is 6.18. The molecule has 0 spiro atoms. The molecule has 21 heavy (non-hydrogen) atoms. The Bertz CT molecular complexity index is 401. The number of benzene rings is 1. The van der Waals surface area contributed by atoms with Crippen LogP contribution in [0.4, 0.5) is 0 Å². The van der Waals surface area contributed by atoms with Gasteiger partial charge in [0.1, 0.15) is 0 Å². The third-order valence-corrected chi connectivity index (χ3v) is 4.63. The van der Waals surface area contributed by atoms with Crippen LogP contribution in [0.2, 0.25) is 0 Å². The molecule has 0 saturated carbocycles.